The van der Waals surface area contributed by atoms with Gasteiger partial charge < -0.3 is 14.4 Å². The first-order valence-corrected chi connectivity index (χ1v) is 11.1. The molecular formula is C25H20ClF3N2O3. The molecule has 9 heteroatoms. The number of rotatable bonds is 4. The number of anilines is 2. The number of esters is 1. The van der Waals surface area contributed by atoms with Gasteiger partial charge in [-0.3, -0.25) is 5.32 Å². The maximum Gasteiger partial charge on any atom is 0.482 e. The summed E-state index contributed by atoms with van der Waals surface area (Å²) < 4.78 is 51.5. The standard InChI is InChI=1S/C25H20ClF3N2O3/c1-3-31(4-2)15-9-10-18-21(13-15)33-22-19(11-14(12-20(22)26)30-25(27,28)29)24(18)17-8-6-5-7-16(17)23(32)34-24/h5-13,30H,3-4H2,1-2H3. The van der Waals surface area contributed by atoms with Crippen LogP contribution in [-0.4, -0.2) is 25.4 Å². The number of halogens is 4. The zero-order valence-electron chi connectivity index (χ0n) is 18.3. The molecule has 0 saturated heterocycles. The molecule has 0 amide bonds. The van der Waals surface area contributed by atoms with E-state index in [-0.39, 0.29) is 22.0 Å². The molecule has 2 aliphatic rings. The predicted octanol–water partition coefficient (Wildman–Crippen LogP) is 6.69. The molecular weight excluding hydrogens is 469 g/mol. The van der Waals surface area contributed by atoms with Crippen LogP contribution < -0.4 is 15.0 Å². The molecule has 3 aromatic carbocycles. The van der Waals surface area contributed by atoms with Crippen molar-refractivity contribution in [2.45, 2.75) is 25.7 Å². The highest BCUT2D eigenvalue weighted by Crippen LogP contribution is 2.58. The van der Waals surface area contributed by atoms with Gasteiger partial charge in [0, 0.05) is 41.7 Å². The van der Waals surface area contributed by atoms with E-state index in [2.05, 4.69) is 4.90 Å². The second kappa shape index (κ2) is 7.84. The van der Waals surface area contributed by atoms with E-state index in [1.807, 2.05) is 26.0 Å². The zero-order chi connectivity index (χ0) is 24.3. The van der Waals surface area contributed by atoms with Crippen molar-refractivity contribution in [1.29, 1.82) is 0 Å². The van der Waals surface area contributed by atoms with Crippen LogP contribution in [0.3, 0.4) is 0 Å². The topological polar surface area (TPSA) is 50.8 Å². The van der Waals surface area contributed by atoms with E-state index in [1.165, 1.54) is 11.4 Å². The fourth-order valence-electron chi connectivity index (χ4n) is 4.74. The van der Waals surface area contributed by atoms with Crippen LogP contribution in [0.4, 0.5) is 24.5 Å². The number of carbonyl (C=O) groups excluding carboxylic acids is 1. The molecule has 1 atom stereocenters. The Morgan fingerprint density at radius 1 is 1.00 bits per heavy atom. The Morgan fingerprint density at radius 3 is 2.44 bits per heavy atom. The van der Waals surface area contributed by atoms with Gasteiger partial charge in [-0.25, -0.2) is 4.79 Å². The summed E-state index contributed by atoms with van der Waals surface area (Å²) >= 11 is 6.44. The van der Waals surface area contributed by atoms with Gasteiger partial charge in [0.25, 0.3) is 0 Å². The molecule has 176 valence electrons. The van der Waals surface area contributed by atoms with Crippen LogP contribution in [0.15, 0.2) is 54.6 Å². The number of carbonyl (C=O) groups is 1. The van der Waals surface area contributed by atoms with Gasteiger partial charge in [-0.1, -0.05) is 29.8 Å². The molecule has 0 aromatic heterocycles. The van der Waals surface area contributed by atoms with Gasteiger partial charge in [0.05, 0.1) is 16.1 Å². The summed E-state index contributed by atoms with van der Waals surface area (Å²) in [4.78, 5) is 15.0. The van der Waals surface area contributed by atoms with Crippen molar-refractivity contribution < 1.29 is 27.4 Å². The second-order valence-corrected chi connectivity index (χ2v) is 8.44. The lowest BCUT2D eigenvalue weighted by molar-refractivity contribution is -0.0999. The Morgan fingerprint density at radius 2 is 1.74 bits per heavy atom. The minimum atomic E-state index is -4.68. The Balaban J connectivity index is 1.80. The third kappa shape index (κ3) is 3.36. The Kier molecular flexibility index (Phi) is 5.16. The van der Waals surface area contributed by atoms with Crippen LogP contribution in [0.25, 0.3) is 0 Å². The van der Waals surface area contributed by atoms with Crippen molar-refractivity contribution in [1.82, 2.24) is 0 Å². The number of hydrogen-bond acceptors (Lipinski definition) is 5. The molecule has 0 aliphatic carbocycles. The molecule has 3 aromatic rings. The molecule has 5 rings (SSSR count). The molecule has 0 saturated carbocycles. The lowest BCUT2D eigenvalue weighted by Gasteiger charge is -2.37. The van der Waals surface area contributed by atoms with Crippen molar-refractivity contribution in [2.24, 2.45) is 0 Å². The fourth-order valence-corrected chi connectivity index (χ4v) is 5.00. The van der Waals surface area contributed by atoms with Gasteiger partial charge in [0.2, 0.25) is 0 Å². The Labute approximate surface area is 199 Å². The summed E-state index contributed by atoms with van der Waals surface area (Å²) in [5.74, 6) is -0.0181. The second-order valence-electron chi connectivity index (χ2n) is 8.03. The number of alkyl halides is 3. The third-order valence-electron chi connectivity index (χ3n) is 6.17. The summed E-state index contributed by atoms with van der Waals surface area (Å²) in [6, 6.07) is 14.7. The number of fused-ring (bicyclic) bond motifs is 6. The molecule has 0 fully saturated rings. The van der Waals surface area contributed by atoms with Crippen molar-refractivity contribution in [3.05, 3.63) is 81.9 Å². The van der Waals surface area contributed by atoms with Crippen LogP contribution in [0.5, 0.6) is 11.5 Å². The van der Waals surface area contributed by atoms with E-state index in [0.29, 0.717) is 22.4 Å². The maximum atomic E-state index is 13.1. The van der Waals surface area contributed by atoms with Crippen molar-refractivity contribution >= 4 is 28.9 Å². The first-order valence-electron chi connectivity index (χ1n) is 10.8. The van der Waals surface area contributed by atoms with Crippen molar-refractivity contribution in [2.75, 3.05) is 23.3 Å². The maximum absolute atomic E-state index is 13.1. The number of nitrogens with one attached hydrogen (secondary N) is 1. The molecule has 1 unspecified atom stereocenters. The molecule has 2 aliphatic heterocycles. The Hall–Kier alpha value is -3.39. The van der Waals surface area contributed by atoms with Crippen LogP contribution in [0, 0.1) is 0 Å². The average molecular weight is 489 g/mol. The van der Waals surface area contributed by atoms with Crippen molar-refractivity contribution in [3.63, 3.8) is 0 Å². The molecule has 1 N–H and O–H groups in total. The van der Waals surface area contributed by atoms with Gasteiger partial charge in [-0.2, -0.15) is 13.2 Å². The highest BCUT2D eigenvalue weighted by molar-refractivity contribution is 6.32. The quantitative estimate of drug-likeness (QED) is 0.327. The molecule has 1 spiro atoms. The number of nitrogens with zero attached hydrogens (tertiary/aromatic N) is 1. The lowest BCUT2D eigenvalue weighted by Crippen LogP contribution is -2.34. The van der Waals surface area contributed by atoms with E-state index in [4.69, 9.17) is 21.1 Å². The molecule has 0 radical (unpaired) electrons. The average Bonchev–Trinajstić information content (AvgIpc) is 3.08. The van der Waals surface area contributed by atoms with Crippen LogP contribution in [-0.2, 0) is 10.3 Å². The normalized spacial score (nSPS) is 18.0. The monoisotopic (exact) mass is 488 g/mol. The smallest absolute Gasteiger partial charge is 0.455 e. The van der Waals surface area contributed by atoms with Crippen molar-refractivity contribution in [3.8, 4) is 11.5 Å². The SMILES string of the molecule is CCN(CC)c1ccc2c(c1)Oc1c(Cl)cc(NC(F)(F)F)cc1C21OC(=O)c2ccccc21. The highest BCUT2D eigenvalue weighted by atomic mass is 35.5. The van der Waals surface area contributed by atoms with Gasteiger partial charge in [-0.05, 0) is 44.2 Å². The minimum absolute atomic E-state index is 0.0389. The van der Waals surface area contributed by atoms with Crippen LogP contribution in [0.1, 0.15) is 40.9 Å². The van der Waals surface area contributed by atoms with Crippen LogP contribution in [0.2, 0.25) is 5.02 Å². The largest absolute Gasteiger partial charge is 0.482 e. The fraction of sp³-hybridized carbons (Fsp3) is 0.240. The summed E-state index contributed by atoms with van der Waals surface area (Å²) in [6.07, 6.45) is -4.68. The van der Waals surface area contributed by atoms with E-state index in [0.717, 1.165) is 24.8 Å². The van der Waals surface area contributed by atoms with Gasteiger partial charge in [0.15, 0.2) is 11.4 Å². The minimum Gasteiger partial charge on any atom is -0.455 e. The number of benzene rings is 3. The lowest BCUT2D eigenvalue weighted by atomic mass is 9.77. The highest BCUT2D eigenvalue weighted by Gasteiger charge is 2.54. The van der Waals surface area contributed by atoms with E-state index in [1.54, 1.807) is 30.3 Å². The molecule has 34 heavy (non-hydrogen) atoms. The summed E-state index contributed by atoms with van der Waals surface area (Å²) in [5.41, 5.74) is 0.670. The third-order valence-corrected chi connectivity index (χ3v) is 6.45. The van der Waals surface area contributed by atoms with E-state index in [9.17, 15) is 18.0 Å². The summed E-state index contributed by atoms with van der Waals surface area (Å²) in [7, 11) is 0. The van der Waals surface area contributed by atoms with Gasteiger partial charge >= 0.3 is 12.3 Å². The molecule has 5 nitrogen and oxygen atoms in total. The molecule has 0 bridgehead atoms. The molecule has 2 heterocycles. The Bertz CT molecular complexity index is 1310. The van der Waals surface area contributed by atoms with E-state index < -0.39 is 17.9 Å². The van der Waals surface area contributed by atoms with Gasteiger partial charge in [-0.15, -0.1) is 0 Å². The van der Waals surface area contributed by atoms with Crippen LogP contribution >= 0.6 is 11.6 Å². The first kappa shape index (κ1) is 22.4. The number of hydrogen-bond donors (Lipinski definition) is 1. The predicted molar refractivity (Wildman–Crippen MR) is 123 cm³/mol. The zero-order valence-corrected chi connectivity index (χ0v) is 19.1. The summed E-state index contributed by atoms with van der Waals surface area (Å²) in [6.45, 7) is 5.59. The first-order chi connectivity index (χ1) is 16.2. The van der Waals surface area contributed by atoms with Gasteiger partial charge in [0.1, 0.15) is 5.75 Å². The van der Waals surface area contributed by atoms with E-state index >= 15 is 0 Å². The number of ether oxygens (including phenoxy) is 2. The summed E-state index contributed by atoms with van der Waals surface area (Å²) in [5, 5.41) is 1.45.